The van der Waals surface area contributed by atoms with Crippen molar-refractivity contribution in [2.24, 2.45) is 0 Å². The summed E-state index contributed by atoms with van der Waals surface area (Å²) in [6.45, 7) is 0.955. The fourth-order valence-electron chi connectivity index (χ4n) is 3.84. The number of anilines is 1. The minimum Gasteiger partial charge on any atom is -0.497 e. The Morgan fingerprint density at radius 3 is 2.56 bits per heavy atom. The summed E-state index contributed by atoms with van der Waals surface area (Å²) in [6.07, 6.45) is 4.52. The summed E-state index contributed by atoms with van der Waals surface area (Å²) < 4.78 is 7.41. The first kappa shape index (κ1) is 20.4. The first-order valence-corrected chi connectivity index (χ1v) is 11.5. The SMILES string of the molecule is COc1ccc(-c2nc(C(=O)Nc3ccc(-c4nnc5n4CCCCC5)cc3)cs2)cc1. The lowest BCUT2D eigenvalue weighted by atomic mass is 10.2. The molecular formula is C24H23N5O2S. The highest BCUT2D eigenvalue weighted by Gasteiger charge is 2.16. The fourth-order valence-corrected chi connectivity index (χ4v) is 4.65. The molecule has 0 radical (unpaired) electrons. The Kier molecular flexibility index (Phi) is 5.68. The number of nitrogens with one attached hydrogen (secondary N) is 1. The second-order valence-corrected chi connectivity index (χ2v) is 8.56. The zero-order chi connectivity index (χ0) is 21.9. The van der Waals surface area contributed by atoms with E-state index in [4.69, 9.17) is 4.74 Å². The summed E-state index contributed by atoms with van der Waals surface area (Å²) in [6, 6.07) is 15.4. The van der Waals surface area contributed by atoms with Gasteiger partial charge in [-0.3, -0.25) is 4.79 Å². The lowest BCUT2D eigenvalue weighted by Crippen LogP contribution is -2.12. The highest BCUT2D eigenvalue weighted by molar-refractivity contribution is 7.13. The van der Waals surface area contributed by atoms with Crippen LogP contribution < -0.4 is 10.1 Å². The minimum atomic E-state index is -0.231. The van der Waals surface area contributed by atoms with Gasteiger partial charge < -0.3 is 14.6 Å². The number of ether oxygens (including phenoxy) is 1. The number of carbonyl (C=O) groups is 1. The quantitative estimate of drug-likeness (QED) is 0.465. The number of methoxy groups -OCH3 is 1. The van der Waals surface area contributed by atoms with E-state index in [0.29, 0.717) is 11.4 Å². The molecular weight excluding hydrogens is 422 g/mol. The van der Waals surface area contributed by atoms with Gasteiger partial charge in [0, 0.05) is 35.2 Å². The van der Waals surface area contributed by atoms with E-state index < -0.39 is 0 Å². The molecule has 0 atom stereocenters. The third kappa shape index (κ3) is 4.13. The van der Waals surface area contributed by atoms with Crippen LogP contribution in [-0.2, 0) is 13.0 Å². The molecule has 1 aliphatic rings. The minimum absolute atomic E-state index is 0.231. The third-order valence-corrected chi connectivity index (χ3v) is 6.48. The van der Waals surface area contributed by atoms with Gasteiger partial charge in [0.25, 0.3) is 5.91 Å². The Balaban J connectivity index is 1.28. The van der Waals surface area contributed by atoms with Crippen LogP contribution in [0.3, 0.4) is 0 Å². The van der Waals surface area contributed by atoms with Crippen molar-refractivity contribution in [2.45, 2.75) is 32.2 Å². The largest absolute Gasteiger partial charge is 0.497 e. The highest BCUT2D eigenvalue weighted by atomic mass is 32.1. The van der Waals surface area contributed by atoms with E-state index >= 15 is 0 Å². The van der Waals surface area contributed by atoms with E-state index in [1.807, 2.05) is 48.5 Å². The molecule has 0 fully saturated rings. The van der Waals surface area contributed by atoms with Crippen LogP contribution in [0.5, 0.6) is 5.75 Å². The summed E-state index contributed by atoms with van der Waals surface area (Å²) in [5, 5.41) is 14.3. The summed E-state index contributed by atoms with van der Waals surface area (Å²) in [4.78, 5) is 17.2. The maximum atomic E-state index is 12.7. The predicted octanol–water partition coefficient (Wildman–Crippen LogP) is 5.06. The Morgan fingerprint density at radius 2 is 1.78 bits per heavy atom. The van der Waals surface area contributed by atoms with E-state index in [1.54, 1.807) is 12.5 Å². The number of hydrogen-bond donors (Lipinski definition) is 1. The van der Waals surface area contributed by atoms with Crippen LogP contribution >= 0.6 is 11.3 Å². The lowest BCUT2D eigenvalue weighted by molar-refractivity contribution is 0.102. The first-order chi connectivity index (χ1) is 15.7. The number of aromatic nitrogens is 4. The van der Waals surface area contributed by atoms with Crippen molar-refractivity contribution >= 4 is 22.9 Å². The van der Waals surface area contributed by atoms with Gasteiger partial charge in [-0.05, 0) is 61.4 Å². The zero-order valence-electron chi connectivity index (χ0n) is 17.7. The van der Waals surface area contributed by atoms with Crippen LogP contribution in [-0.4, -0.2) is 32.8 Å². The molecule has 2 aromatic heterocycles. The number of amides is 1. The second-order valence-electron chi connectivity index (χ2n) is 7.70. The molecule has 1 N–H and O–H groups in total. The molecule has 0 spiro atoms. The number of rotatable bonds is 5. The Labute approximate surface area is 190 Å². The Morgan fingerprint density at radius 1 is 1.00 bits per heavy atom. The molecule has 0 aliphatic carbocycles. The van der Waals surface area contributed by atoms with Gasteiger partial charge in [-0.25, -0.2) is 4.98 Å². The van der Waals surface area contributed by atoms with Gasteiger partial charge >= 0.3 is 0 Å². The van der Waals surface area contributed by atoms with E-state index in [2.05, 4.69) is 25.1 Å². The van der Waals surface area contributed by atoms with Gasteiger partial charge in [0.15, 0.2) is 5.82 Å². The third-order valence-electron chi connectivity index (χ3n) is 5.58. The van der Waals surface area contributed by atoms with Gasteiger partial charge in [0.2, 0.25) is 0 Å². The van der Waals surface area contributed by atoms with Gasteiger partial charge in [-0.1, -0.05) is 6.42 Å². The zero-order valence-corrected chi connectivity index (χ0v) is 18.6. The number of hydrogen-bond acceptors (Lipinski definition) is 6. The molecule has 32 heavy (non-hydrogen) atoms. The normalized spacial score (nSPS) is 13.3. The molecule has 8 heteroatoms. The van der Waals surface area contributed by atoms with Crippen LogP contribution in [0, 0.1) is 0 Å². The number of nitrogens with zero attached hydrogens (tertiary/aromatic N) is 4. The topological polar surface area (TPSA) is 81.9 Å². The molecule has 0 saturated carbocycles. The average molecular weight is 446 g/mol. The monoisotopic (exact) mass is 445 g/mol. The van der Waals surface area contributed by atoms with E-state index in [-0.39, 0.29) is 5.91 Å². The smallest absolute Gasteiger partial charge is 0.275 e. The van der Waals surface area contributed by atoms with Crippen LogP contribution in [0.15, 0.2) is 53.9 Å². The Hall–Kier alpha value is -3.52. The maximum Gasteiger partial charge on any atom is 0.275 e. The maximum absolute atomic E-state index is 12.7. The number of fused-ring (bicyclic) bond motifs is 1. The number of benzene rings is 2. The van der Waals surface area contributed by atoms with E-state index in [0.717, 1.165) is 52.9 Å². The van der Waals surface area contributed by atoms with Crippen molar-refractivity contribution in [1.29, 1.82) is 0 Å². The summed E-state index contributed by atoms with van der Waals surface area (Å²) in [7, 11) is 1.63. The molecule has 1 aliphatic heterocycles. The first-order valence-electron chi connectivity index (χ1n) is 10.6. The summed E-state index contributed by atoms with van der Waals surface area (Å²) in [5.41, 5.74) is 3.06. The standard InChI is InChI=1S/C24H23N5O2S/c1-31-19-12-8-17(9-13-19)24-26-20(15-32-24)23(30)25-18-10-6-16(7-11-18)22-28-27-21-5-3-2-4-14-29(21)22/h6-13,15H,2-5,14H2,1H3,(H,25,30). The van der Waals surface area contributed by atoms with Crippen LogP contribution in [0.4, 0.5) is 5.69 Å². The van der Waals surface area contributed by atoms with Crippen LogP contribution in [0.2, 0.25) is 0 Å². The van der Waals surface area contributed by atoms with Crippen molar-refractivity contribution in [3.05, 3.63) is 65.4 Å². The van der Waals surface area contributed by atoms with Gasteiger partial charge in [0.05, 0.1) is 7.11 Å². The average Bonchev–Trinajstić information content (AvgIpc) is 3.42. The van der Waals surface area contributed by atoms with Crippen molar-refractivity contribution < 1.29 is 9.53 Å². The van der Waals surface area contributed by atoms with Gasteiger partial charge in [-0.2, -0.15) is 0 Å². The molecule has 7 nitrogen and oxygen atoms in total. The van der Waals surface area contributed by atoms with Crippen LogP contribution in [0.25, 0.3) is 22.0 Å². The molecule has 0 saturated heterocycles. The number of aryl methyl sites for hydroxylation is 1. The summed E-state index contributed by atoms with van der Waals surface area (Å²) in [5.74, 6) is 2.51. The molecule has 0 unspecified atom stereocenters. The lowest BCUT2D eigenvalue weighted by Gasteiger charge is -2.08. The number of thiazole rings is 1. The van der Waals surface area contributed by atoms with Crippen molar-refractivity contribution in [3.8, 4) is 27.7 Å². The van der Waals surface area contributed by atoms with Crippen molar-refractivity contribution in [3.63, 3.8) is 0 Å². The van der Waals surface area contributed by atoms with Gasteiger partial charge in [0.1, 0.15) is 22.3 Å². The fraction of sp³-hybridized carbons (Fsp3) is 0.250. The number of carbonyl (C=O) groups excluding carboxylic acids is 1. The van der Waals surface area contributed by atoms with Crippen molar-refractivity contribution in [2.75, 3.05) is 12.4 Å². The molecule has 1 amide bonds. The summed E-state index contributed by atoms with van der Waals surface area (Å²) >= 11 is 1.44. The van der Waals surface area contributed by atoms with Crippen LogP contribution in [0.1, 0.15) is 35.6 Å². The molecule has 3 heterocycles. The van der Waals surface area contributed by atoms with Gasteiger partial charge in [-0.15, -0.1) is 21.5 Å². The highest BCUT2D eigenvalue weighted by Crippen LogP contribution is 2.27. The van der Waals surface area contributed by atoms with Crippen molar-refractivity contribution in [1.82, 2.24) is 19.7 Å². The molecule has 162 valence electrons. The van der Waals surface area contributed by atoms with E-state index in [9.17, 15) is 4.79 Å². The molecule has 5 rings (SSSR count). The van der Waals surface area contributed by atoms with E-state index in [1.165, 1.54) is 24.2 Å². The predicted molar refractivity (Wildman–Crippen MR) is 125 cm³/mol. The molecule has 2 aromatic carbocycles. The Bertz CT molecular complexity index is 1230. The molecule has 0 bridgehead atoms. The molecule has 4 aromatic rings. The second kappa shape index (κ2) is 8.92.